The number of aliphatic hydroxyl groups is 1. The molecule has 0 bridgehead atoms. The summed E-state index contributed by atoms with van der Waals surface area (Å²) in [4.78, 5) is 21.3. The number of carboxylic acid groups (broad SMARTS) is 1. The van der Waals surface area contributed by atoms with Crippen LogP contribution in [0.25, 0.3) is 0 Å². The molecule has 1 aliphatic carbocycles. The van der Waals surface area contributed by atoms with Gasteiger partial charge in [-0.2, -0.15) is 0 Å². The standard InChI is InChI=1S/C18H17ClO3.CH4N2O2/c1-22-17(20)18(21)11-13-10-14(19)7-8-15(13)16(18)9-12-5-3-2-4-6-12;2-3-1(4)5/h2-8,10,16,21H,9,11H2,1H3;3H,2H2,(H,4,5). The summed E-state index contributed by atoms with van der Waals surface area (Å²) in [5.41, 5.74) is 2.83. The monoisotopic (exact) mass is 392 g/mol. The average molecular weight is 393 g/mol. The third kappa shape index (κ3) is 4.77. The highest BCUT2D eigenvalue weighted by molar-refractivity contribution is 6.30. The molecule has 27 heavy (non-hydrogen) atoms. The molecule has 0 aromatic heterocycles. The molecule has 7 nitrogen and oxygen atoms in total. The fourth-order valence-electron chi connectivity index (χ4n) is 3.26. The average Bonchev–Trinajstić information content (AvgIpc) is 2.94. The quantitative estimate of drug-likeness (QED) is 0.275. The Balaban J connectivity index is 0.000000465. The Morgan fingerprint density at radius 2 is 1.93 bits per heavy atom. The van der Waals surface area contributed by atoms with Gasteiger partial charge in [0, 0.05) is 17.4 Å². The molecule has 0 fully saturated rings. The normalized spacial score (nSPS) is 20.1. The lowest BCUT2D eigenvalue weighted by atomic mass is 9.83. The van der Waals surface area contributed by atoms with Crippen LogP contribution in [0.1, 0.15) is 22.6 Å². The van der Waals surface area contributed by atoms with Crippen LogP contribution in [0.2, 0.25) is 5.02 Å². The number of nitrogens with two attached hydrogens (primary N) is 1. The van der Waals surface area contributed by atoms with Gasteiger partial charge >= 0.3 is 12.1 Å². The van der Waals surface area contributed by atoms with Crippen LogP contribution >= 0.6 is 11.6 Å². The van der Waals surface area contributed by atoms with Gasteiger partial charge in [-0.05, 0) is 35.2 Å². The lowest BCUT2D eigenvalue weighted by Gasteiger charge is -2.27. The summed E-state index contributed by atoms with van der Waals surface area (Å²) in [6.45, 7) is 0. The Bertz CT molecular complexity index is 815. The van der Waals surface area contributed by atoms with Crippen LogP contribution in [0.5, 0.6) is 0 Å². The Hall–Kier alpha value is -2.61. The summed E-state index contributed by atoms with van der Waals surface area (Å²) < 4.78 is 4.84. The summed E-state index contributed by atoms with van der Waals surface area (Å²) in [6.07, 6.45) is -0.418. The predicted octanol–water partition coefficient (Wildman–Crippen LogP) is 2.25. The van der Waals surface area contributed by atoms with E-state index < -0.39 is 17.7 Å². The lowest BCUT2D eigenvalue weighted by molar-refractivity contribution is -0.163. The minimum atomic E-state index is -1.54. The first-order valence-corrected chi connectivity index (χ1v) is 8.52. The Morgan fingerprint density at radius 3 is 2.48 bits per heavy atom. The molecule has 2 aromatic rings. The zero-order valence-corrected chi connectivity index (χ0v) is 15.4. The molecule has 2 unspecified atom stereocenters. The van der Waals surface area contributed by atoms with E-state index in [-0.39, 0.29) is 12.3 Å². The summed E-state index contributed by atoms with van der Waals surface area (Å²) >= 11 is 6.04. The van der Waals surface area contributed by atoms with Crippen LogP contribution in [0.4, 0.5) is 4.79 Å². The van der Waals surface area contributed by atoms with E-state index >= 15 is 0 Å². The number of hydrazine groups is 1. The first kappa shape index (κ1) is 20.7. The largest absolute Gasteiger partial charge is 0.467 e. The molecule has 5 N–H and O–H groups in total. The van der Waals surface area contributed by atoms with Crippen molar-refractivity contribution >= 4 is 23.7 Å². The van der Waals surface area contributed by atoms with E-state index in [0.29, 0.717) is 11.4 Å². The molecule has 2 aromatic carbocycles. The number of benzene rings is 2. The zero-order valence-electron chi connectivity index (χ0n) is 14.7. The smallest absolute Gasteiger partial charge is 0.418 e. The molecule has 0 saturated carbocycles. The van der Waals surface area contributed by atoms with Crippen LogP contribution in [-0.2, 0) is 22.4 Å². The van der Waals surface area contributed by atoms with Crippen molar-refractivity contribution in [2.24, 2.45) is 5.84 Å². The van der Waals surface area contributed by atoms with Crippen molar-refractivity contribution in [2.45, 2.75) is 24.4 Å². The van der Waals surface area contributed by atoms with Crippen LogP contribution < -0.4 is 11.3 Å². The van der Waals surface area contributed by atoms with Gasteiger partial charge in [0.15, 0.2) is 5.60 Å². The topological polar surface area (TPSA) is 122 Å². The van der Waals surface area contributed by atoms with Crippen molar-refractivity contribution < 1.29 is 24.5 Å². The van der Waals surface area contributed by atoms with Crippen molar-refractivity contribution in [3.05, 3.63) is 70.2 Å². The van der Waals surface area contributed by atoms with Gasteiger partial charge in [0.2, 0.25) is 0 Å². The Labute approximate surface area is 161 Å². The molecule has 0 heterocycles. The fraction of sp³-hybridized carbons (Fsp3) is 0.263. The number of hydrogen-bond acceptors (Lipinski definition) is 5. The van der Waals surface area contributed by atoms with Crippen LogP contribution in [0.15, 0.2) is 48.5 Å². The van der Waals surface area contributed by atoms with Gasteiger partial charge < -0.3 is 14.9 Å². The molecule has 3 rings (SSSR count). The summed E-state index contributed by atoms with van der Waals surface area (Å²) in [5, 5.41) is 19.1. The molecular formula is C19H21ClN2O5. The van der Waals surface area contributed by atoms with Gasteiger partial charge in [-0.3, -0.25) is 5.43 Å². The van der Waals surface area contributed by atoms with Gasteiger partial charge in [0.05, 0.1) is 7.11 Å². The van der Waals surface area contributed by atoms with Gasteiger partial charge in [0.25, 0.3) is 0 Å². The van der Waals surface area contributed by atoms with E-state index in [4.69, 9.17) is 26.2 Å². The number of carbonyl (C=O) groups excluding carboxylic acids is 1. The molecule has 2 atom stereocenters. The van der Waals surface area contributed by atoms with Gasteiger partial charge in [-0.15, -0.1) is 0 Å². The molecule has 1 aliphatic rings. The van der Waals surface area contributed by atoms with E-state index in [1.807, 2.05) is 42.5 Å². The number of methoxy groups -OCH3 is 1. The van der Waals surface area contributed by atoms with Crippen molar-refractivity contribution in [3.8, 4) is 0 Å². The summed E-state index contributed by atoms with van der Waals surface area (Å²) in [5.74, 6) is 3.39. The molecule has 0 spiro atoms. The molecule has 144 valence electrons. The number of rotatable bonds is 3. The van der Waals surface area contributed by atoms with Gasteiger partial charge in [-0.1, -0.05) is 48.0 Å². The minimum Gasteiger partial charge on any atom is -0.467 e. The van der Waals surface area contributed by atoms with Crippen molar-refractivity contribution in [1.29, 1.82) is 0 Å². The fourth-order valence-corrected chi connectivity index (χ4v) is 3.45. The van der Waals surface area contributed by atoms with Crippen molar-refractivity contribution in [2.75, 3.05) is 7.11 Å². The predicted molar refractivity (Wildman–Crippen MR) is 100 cm³/mol. The van der Waals surface area contributed by atoms with E-state index in [1.54, 1.807) is 6.07 Å². The van der Waals surface area contributed by atoms with Crippen molar-refractivity contribution in [1.82, 2.24) is 5.43 Å². The van der Waals surface area contributed by atoms with Gasteiger partial charge in [-0.25, -0.2) is 15.4 Å². The number of amides is 1. The van der Waals surface area contributed by atoms with Gasteiger partial charge in [0.1, 0.15) is 0 Å². The van der Waals surface area contributed by atoms with E-state index in [9.17, 15) is 9.90 Å². The Kier molecular flexibility index (Phi) is 6.79. The minimum absolute atomic E-state index is 0.229. The number of hydrogen-bond donors (Lipinski definition) is 4. The molecule has 0 aliphatic heterocycles. The third-order valence-electron chi connectivity index (χ3n) is 4.46. The number of ether oxygens (including phenoxy) is 1. The molecular weight excluding hydrogens is 372 g/mol. The SMILES string of the molecule is COC(=O)C1(O)Cc2cc(Cl)ccc2C1Cc1ccccc1.NNC(=O)O. The lowest BCUT2D eigenvalue weighted by Crippen LogP contribution is -2.44. The van der Waals surface area contributed by atoms with E-state index in [0.717, 1.165) is 16.7 Å². The van der Waals surface area contributed by atoms with E-state index in [1.165, 1.54) is 12.5 Å². The van der Waals surface area contributed by atoms with Crippen molar-refractivity contribution in [3.63, 3.8) is 0 Å². The maximum atomic E-state index is 12.2. The third-order valence-corrected chi connectivity index (χ3v) is 4.70. The highest BCUT2D eigenvalue weighted by Gasteiger charge is 2.51. The van der Waals surface area contributed by atoms with Crippen LogP contribution in [0.3, 0.4) is 0 Å². The van der Waals surface area contributed by atoms with E-state index in [2.05, 4.69) is 5.84 Å². The molecule has 0 saturated heterocycles. The number of nitrogens with one attached hydrogen (secondary N) is 1. The number of halogens is 1. The second kappa shape index (κ2) is 8.85. The first-order chi connectivity index (χ1) is 12.8. The second-order valence-electron chi connectivity index (χ2n) is 6.13. The maximum absolute atomic E-state index is 12.2. The maximum Gasteiger partial charge on any atom is 0.418 e. The first-order valence-electron chi connectivity index (χ1n) is 8.14. The van der Waals surface area contributed by atoms with Crippen LogP contribution in [-0.4, -0.2) is 35.0 Å². The zero-order chi connectivity index (χ0) is 20.0. The molecule has 0 radical (unpaired) electrons. The number of fused-ring (bicyclic) bond motifs is 1. The number of carbonyl (C=O) groups is 2. The second-order valence-corrected chi connectivity index (χ2v) is 6.56. The summed E-state index contributed by atoms with van der Waals surface area (Å²) in [7, 11) is 1.30. The highest BCUT2D eigenvalue weighted by atomic mass is 35.5. The summed E-state index contributed by atoms with van der Waals surface area (Å²) in [6, 6.07) is 15.3. The van der Waals surface area contributed by atoms with Crippen LogP contribution in [0, 0.1) is 0 Å². The number of esters is 1. The Morgan fingerprint density at radius 1 is 1.30 bits per heavy atom. The highest BCUT2D eigenvalue weighted by Crippen LogP contribution is 2.44. The molecule has 1 amide bonds. The molecule has 8 heteroatoms.